The lowest BCUT2D eigenvalue weighted by Crippen LogP contribution is -2.56. The predicted molar refractivity (Wildman–Crippen MR) is 35.0 cm³/mol. The maximum atomic E-state index is 10.7. The van der Waals surface area contributed by atoms with E-state index in [4.69, 9.17) is 20.4 Å². The lowest BCUT2D eigenvalue weighted by molar-refractivity contribution is -0.206. The summed E-state index contributed by atoms with van der Waals surface area (Å²) in [6.45, 7) is -0.587. The predicted octanol–water partition coefficient (Wildman–Crippen LogP) is -3.01. The zero-order chi connectivity index (χ0) is 9.30. The Balaban J connectivity index is 2.70. The van der Waals surface area contributed by atoms with Crippen LogP contribution in [-0.2, 0) is 9.53 Å². The molecule has 6 nitrogen and oxygen atoms in total. The Morgan fingerprint density at radius 2 is 1.83 bits per heavy atom. The van der Waals surface area contributed by atoms with Gasteiger partial charge in [-0.25, -0.2) is 4.79 Å². The van der Waals surface area contributed by atoms with Gasteiger partial charge < -0.3 is 25.2 Å². The van der Waals surface area contributed by atoms with Gasteiger partial charge in [0, 0.05) is 0 Å². The van der Waals surface area contributed by atoms with Crippen molar-refractivity contribution in [1.82, 2.24) is 0 Å². The maximum absolute atomic E-state index is 10.7. The highest BCUT2D eigenvalue weighted by Gasteiger charge is 2.43. The standard InChI is InChI=1S/C6H10O6/c7-1-2-3(8)4(9)5(10)6(11)12-2/h2-5,7-10H,1H2/t2?,3-,4+,5?/m0/s1. The smallest absolute Gasteiger partial charge is 0.338 e. The molecule has 1 rings (SSSR count). The number of carbonyl (C=O) groups excluding carboxylic acids is 1. The summed E-state index contributed by atoms with van der Waals surface area (Å²) >= 11 is 0. The minimum atomic E-state index is -1.73. The molecule has 4 N–H and O–H groups in total. The van der Waals surface area contributed by atoms with Crippen LogP contribution in [0.4, 0.5) is 0 Å². The fraction of sp³-hybridized carbons (Fsp3) is 0.833. The molecule has 0 radical (unpaired) electrons. The highest BCUT2D eigenvalue weighted by atomic mass is 16.6. The monoisotopic (exact) mass is 178 g/mol. The molecule has 1 aliphatic rings. The fourth-order valence-electron chi connectivity index (χ4n) is 0.980. The molecular weight excluding hydrogens is 168 g/mol. The summed E-state index contributed by atoms with van der Waals surface area (Å²) < 4.78 is 4.38. The lowest BCUT2D eigenvalue weighted by Gasteiger charge is -2.32. The van der Waals surface area contributed by atoms with Crippen LogP contribution in [-0.4, -0.2) is 57.4 Å². The number of hydrogen-bond donors (Lipinski definition) is 4. The molecule has 0 aromatic carbocycles. The molecule has 70 valence electrons. The molecule has 6 heteroatoms. The van der Waals surface area contributed by atoms with Gasteiger partial charge in [-0.2, -0.15) is 0 Å². The number of aliphatic hydroxyl groups excluding tert-OH is 4. The van der Waals surface area contributed by atoms with Crippen LogP contribution >= 0.6 is 0 Å². The molecule has 0 spiro atoms. The van der Waals surface area contributed by atoms with E-state index < -0.39 is 37.0 Å². The quantitative estimate of drug-likeness (QED) is 0.318. The van der Waals surface area contributed by atoms with Crippen molar-refractivity contribution in [3.8, 4) is 0 Å². The largest absolute Gasteiger partial charge is 0.455 e. The summed E-state index contributed by atoms with van der Waals surface area (Å²) in [6.07, 6.45) is -5.93. The third-order valence-electron chi connectivity index (χ3n) is 1.74. The van der Waals surface area contributed by atoms with E-state index in [-0.39, 0.29) is 0 Å². The van der Waals surface area contributed by atoms with Gasteiger partial charge in [-0.3, -0.25) is 0 Å². The topological polar surface area (TPSA) is 107 Å². The minimum absolute atomic E-state index is 0.587. The molecule has 4 atom stereocenters. The van der Waals surface area contributed by atoms with E-state index in [0.29, 0.717) is 0 Å². The first-order chi connectivity index (χ1) is 5.57. The van der Waals surface area contributed by atoms with E-state index in [1.54, 1.807) is 0 Å². The molecule has 1 saturated heterocycles. The van der Waals surface area contributed by atoms with E-state index in [9.17, 15) is 4.79 Å². The summed E-state index contributed by atoms with van der Waals surface area (Å²) in [5, 5.41) is 35.5. The van der Waals surface area contributed by atoms with E-state index in [0.717, 1.165) is 0 Å². The van der Waals surface area contributed by atoms with Crippen LogP contribution in [0, 0.1) is 0 Å². The average Bonchev–Trinajstić information content (AvgIpc) is 2.08. The van der Waals surface area contributed by atoms with Crippen LogP contribution in [0.2, 0.25) is 0 Å². The molecule has 1 heterocycles. The van der Waals surface area contributed by atoms with Crippen molar-refractivity contribution in [3.63, 3.8) is 0 Å². The summed E-state index contributed by atoms with van der Waals surface area (Å²) in [5.74, 6) is -1.04. The Kier molecular flexibility index (Phi) is 2.63. The molecule has 0 saturated carbocycles. The van der Waals surface area contributed by atoms with Gasteiger partial charge in [0.1, 0.15) is 12.2 Å². The molecule has 0 aliphatic carbocycles. The number of rotatable bonds is 1. The molecular formula is C6H10O6. The number of ether oxygens (including phenoxy) is 1. The maximum Gasteiger partial charge on any atom is 0.338 e. The van der Waals surface area contributed by atoms with Gasteiger partial charge >= 0.3 is 5.97 Å². The Labute approximate surface area is 68.0 Å². The summed E-state index contributed by atoms with van der Waals surface area (Å²) in [4.78, 5) is 10.7. The van der Waals surface area contributed by atoms with Crippen molar-refractivity contribution in [2.45, 2.75) is 24.4 Å². The van der Waals surface area contributed by atoms with Gasteiger partial charge in [0.2, 0.25) is 0 Å². The first-order valence-corrected chi connectivity index (χ1v) is 3.43. The summed E-state index contributed by atoms with van der Waals surface area (Å²) in [7, 11) is 0. The van der Waals surface area contributed by atoms with Crippen LogP contribution in [0.25, 0.3) is 0 Å². The Bertz CT molecular complexity index is 179. The van der Waals surface area contributed by atoms with Crippen molar-refractivity contribution in [2.75, 3.05) is 6.61 Å². The molecule has 2 unspecified atom stereocenters. The highest BCUT2D eigenvalue weighted by molar-refractivity contribution is 5.76. The molecule has 0 aromatic heterocycles. The van der Waals surface area contributed by atoms with Gasteiger partial charge in [0.15, 0.2) is 12.2 Å². The van der Waals surface area contributed by atoms with Gasteiger partial charge in [0.25, 0.3) is 0 Å². The van der Waals surface area contributed by atoms with Gasteiger partial charge in [-0.05, 0) is 0 Å². The van der Waals surface area contributed by atoms with E-state index in [2.05, 4.69) is 4.74 Å². The first-order valence-electron chi connectivity index (χ1n) is 3.43. The molecule has 1 fully saturated rings. The van der Waals surface area contributed by atoms with Gasteiger partial charge in [-0.1, -0.05) is 0 Å². The van der Waals surface area contributed by atoms with Crippen molar-refractivity contribution in [3.05, 3.63) is 0 Å². The number of aliphatic hydroxyl groups is 4. The lowest BCUT2D eigenvalue weighted by atomic mass is 10.0. The Morgan fingerprint density at radius 3 is 2.33 bits per heavy atom. The SMILES string of the molecule is O=C1OC(CO)[C@H](O)[C@@H](O)C1O. The van der Waals surface area contributed by atoms with Crippen LogP contribution in [0.5, 0.6) is 0 Å². The molecule has 0 bridgehead atoms. The summed E-state index contributed by atoms with van der Waals surface area (Å²) in [5.41, 5.74) is 0. The van der Waals surface area contributed by atoms with E-state index >= 15 is 0 Å². The number of hydrogen-bond acceptors (Lipinski definition) is 6. The van der Waals surface area contributed by atoms with Gasteiger partial charge in [0.05, 0.1) is 6.61 Å². The zero-order valence-electron chi connectivity index (χ0n) is 6.12. The number of cyclic esters (lactones) is 1. The number of carbonyl (C=O) groups is 1. The first kappa shape index (κ1) is 9.40. The van der Waals surface area contributed by atoms with E-state index in [1.165, 1.54) is 0 Å². The molecule has 0 amide bonds. The average molecular weight is 178 g/mol. The second-order valence-corrected chi connectivity index (χ2v) is 2.58. The molecule has 12 heavy (non-hydrogen) atoms. The third kappa shape index (κ3) is 1.42. The second-order valence-electron chi connectivity index (χ2n) is 2.58. The number of esters is 1. The molecule has 1 aliphatic heterocycles. The second kappa shape index (κ2) is 3.36. The van der Waals surface area contributed by atoms with Gasteiger partial charge in [-0.15, -0.1) is 0 Å². The highest BCUT2D eigenvalue weighted by Crippen LogP contribution is 2.15. The van der Waals surface area contributed by atoms with Crippen molar-refractivity contribution in [1.29, 1.82) is 0 Å². The Hall–Kier alpha value is -0.690. The van der Waals surface area contributed by atoms with Crippen LogP contribution in [0.3, 0.4) is 0 Å². The van der Waals surface area contributed by atoms with E-state index in [1.807, 2.05) is 0 Å². The summed E-state index contributed by atoms with van der Waals surface area (Å²) in [6, 6.07) is 0. The van der Waals surface area contributed by atoms with Crippen LogP contribution in [0.15, 0.2) is 0 Å². The van der Waals surface area contributed by atoms with Crippen LogP contribution in [0.1, 0.15) is 0 Å². The minimum Gasteiger partial charge on any atom is -0.455 e. The van der Waals surface area contributed by atoms with Crippen molar-refractivity contribution >= 4 is 5.97 Å². The zero-order valence-corrected chi connectivity index (χ0v) is 6.12. The van der Waals surface area contributed by atoms with Crippen molar-refractivity contribution in [2.24, 2.45) is 0 Å². The molecule has 0 aromatic rings. The third-order valence-corrected chi connectivity index (χ3v) is 1.74. The normalized spacial score (nSPS) is 42.5. The van der Waals surface area contributed by atoms with Crippen molar-refractivity contribution < 1.29 is 30.0 Å². The fourth-order valence-corrected chi connectivity index (χ4v) is 0.980. The Morgan fingerprint density at radius 1 is 1.25 bits per heavy atom. The van der Waals surface area contributed by atoms with Crippen LogP contribution < -0.4 is 0 Å².